The Morgan fingerprint density at radius 2 is 1.94 bits per heavy atom. The number of carbonyl (C=O) groups is 1. The molecule has 3 heteroatoms. The van der Waals surface area contributed by atoms with Crippen LogP contribution >= 0.6 is 0 Å². The van der Waals surface area contributed by atoms with Crippen molar-refractivity contribution in [2.45, 2.75) is 57.6 Å². The Morgan fingerprint density at radius 1 is 1.25 bits per heavy atom. The van der Waals surface area contributed by atoms with Crippen molar-refractivity contribution in [3.8, 4) is 0 Å². The summed E-state index contributed by atoms with van der Waals surface area (Å²) in [6.45, 7) is 2.79. The van der Waals surface area contributed by atoms with Crippen LogP contribution in [-0.2, 0) is 9.53 Å². The van der Waals surface area contributed by atoms with E-state index >= 15 is 0 Å². The fraction of sp³-hybridized carbons (Fsp3) is 0.923. The van der Waals surface area contributed by atoms with Crippen molar-refractivity contribution in [2.75, 3.05) is 13.7 Å². The minimum Gasteiger partial charge on any atom is -0.372 e. The summed E-state index contributed by atoms with van der Waals surface area (Å²) in [5, 5.41) is 0. The average Bonchev–Trinajstić information content (AvgIpc) is 2.95. The Hall–Kier alpha value is -0.570. The number of hydrogen-bond donors (Lipinski definition) is 0. The summed E-state index contributed by atoms with van der Waals surface area (Å²) in [5.74, 6) is 0.951. The molecule has 0 unspecified atom stereocenters. The summed E-state index contributed by atoms with van der Waals surface area (Å²) >= 11 is 0. The highest BCUT2D eigenvalue weighted by Gasteiger charge is 2.37. The molecule has 0 N–H and O–H groups in total. The van der Waals surface area contributed by atoms with E-state index in [-0.39, 0.29) is 12.0 Å². The fourth-order valence-corrected chi connectivity index (χ4v) is 3.23. The molecule has 0 aromatic heterocycles. The molecule has 0 spiro atoms. The maximum Gasteiger partial charge on any atom is 0.251 e. The second-order valence-corrected chi connectivity index (χ2v) is 5.16. The number of nitrogens with zero attached hydrogens (tertiary/aromatic N) is 1. The quantitative estimate of drug-likeness (QED) is 0.737. The van der Waals surface area contributed by atoms with Crippen LogP contribution < -0.4 is 0 Å². The molecular weight excluding hydrogens is 202 g/mol. The van der Waals surface area contributed by atoms with E-state index in [2.05, 4.69) is 4.90 Å². The zero-order chi connectivity index (χ0) is 11.5. The molecule has 0 bridgehead atoms. The van der Waals surface area contributed by atoms with E-state index < -0.39 is 0 Å². The van der Waals surface area contributed by atoms with Crippen molar-refractivity contribution in [1.82, 2.24) is 4.90 Å². The van der Waals surface area contributed by atoms with Crippen molar-refractivity contribution in [2.24, 2.45) is 5.92 Å². The van der Waals surface area contributed by atoms with Crippen LogP contribution in [0, 0.1) is 5.92 Å². The third-order valence-electron chi connectivity index (χ3n) is 4.23. The lowest BCUT2D eigenvalue weighted by atomic mass is 9.96. The van der Waals surface area contributed by atoms with E-state index in [1.54, 1.807) is 7.11 Å². The minimum atomic E-state index is -0.276. The lowest BCUT2D eigenvalue weighted by molar-refractivity contribution is -0.142. The Balaban J connectivity index is 1.99. The number of ether oxygens (including phenoxy) is 1. The van der Waals surface area contributed by atoms with Gasteiger partial charge in [-0.15, -0.1) is 0 Å². The summed E-state index contributed by atoms with van der Waals surface area (Å²) in [7, 11) is 1.61. The van der Waals surface area contributed by atoms with Crippen molar-refractivity contribution in [3.05, 3.63) is 0 Å². The number of likely N-dealkylation sites (tertiary alicyclic amines) is 1. The van der Waals surface area contributed by atoms with Crippen LogP contribution in [0.1, 0.15) is 45.4 Å². The van der Waals surface area contributed by atoms with Gasteiger partial charge in [0.25, 0.3) is 5.91 Å². The predicted octanol–water partition coefficient (Wildman–Crippen LogP) is 2.20. The second kappa shape index (κ2) is 5.17. The largest absolute Gasteiger partial charge is 0.372 e. The van der Waals surface area contributed by atoms with Gasteiger partial charge in [-0.2, -0.15) is 0 Å². The number of rotatable bonds is 3. The van der Waals surface area contributed by atoms with Gasteiger partial charge in [0.15, 0.2) is 0 Å². The standard InChI is InChI=1S/C13H23NO2/c1-10(16-2)13(15)14-9-5-8-12(14)11-6-3-4-7-11/h10-12H,3-9H2,1-2H3/t10-,12+/m1/s1. The van der Waals surface area contributed by atoms with Crippen molar-refractivity contribution in [1.29, 1.82) is 0 Å². The van der Waals surface area contributed by atoms with E-state index in [4.69, 9.17) is 4.74 Å². The molecule has 1 saturated carbocycles. The van der Waals surface area contributed by atoms with Gasteiger partial charge in [0, 0.05) is 19.7 Å². The van der Waals surface area contributed by atoms with E-state index in [0.29, 0.717) is 6.04 Å². The normalized spacial score (nSPS) is 28.6. The molecule has 1 aliphatic heterocycles. The molecule has 1 aliphatic carbocycles. The molecule has 92 valence electrons. The van der Waals surface area contributed by atoms with E-state index in [1.165, 1.54) is 38.5 Å². The first-order chi connectivity index (χ1) is 7.74. The maximum absolute atomic E-state index is 12.1. The van der Waals surface area contributed by atoms with Crippen LogP contribution in [0.2, 0.25) is 0 Å². The first-order valence-electron chi connectivity index (χ1n) is 6.57. The minimum absolute atomic E-state index is 0.192. The third kappa shape index (κ3) is 2.24. The highest BCUT2D eigenvalue weighted by molar-refractivity contribution is 5.81. The average molecular weight is 225 g/mol. The van der Waals surface area contributed by atoms with Gasteiger partial charge in [-0.25, -0.2) is 0 Å². The van der Waals surface area contributed by atoms with Gasteiger partial charge >= 0.3 is 0 Å². The number of hydrogen-bond acceptors (Lipinski definition) is 2. The fourth-order valence-electron chi connectivity index (χ4n) is 3.23. The van der Waals surface area contributed by atoms with E-state index in [1.807, 2.05) is 6.92 Å². The molecule has 3 nitrogen and oxygen atoms in total. The zero-order valence-electron chi connectivity index (χ0n) is 10.4. The lowest BCUT2D eigenvalue weighted by Crippen LogP contribution is -2.44. The Morgan fingerprint density at radius 3 is 2.56 bits per heavy atom. The first kappa shape index (κ1) is 11.9. The van der Waals surface area contributed by atoms with Crippen molar-refractivity contribution in [3.63, 3.8) is 0 Å². The van der Waals surface area contributed by atoms with Crippen LogP contribution in [0.4, 0.5) is 0 Å². The monoisotopic (exact) mass is 225 g/mol. The Bertz CT molecular complexity index is 248. The molecular formula is C13H23NO2. The Kier molecular flexibility index (Phi) is 3.85. The van der Waals surface area contributed by atoms with Gasteiger partial charge in [-0.05, 0) is 38.5 Å². The van der Waals surface area contributed by atoms with Crippen LogP contribution in [0.15, 0.2) is 0 Å². The molecule has 2 atom stereocenters. The van der Waals surface area contributed by atoms with Crippen LogP contribution in [0.5, 0.6) is 0 Å². The molecule has 2 fully saturated rings. The van der Waals surface area contributed by atoms with E-state index in [9.17, 15) is 4.79 Å². The van der Waals surface area contributed by atoms with Gasteiger partial charge in [0.05, 0.1) is 0 Å². The number of carbonyl (C=O) groups excluding carboxylic acids is 1. The Labute approximate surface area is 98.1 Å². The van der Waals surface area contributed by atoms with Crippen LogP contribution in [-0.4, -0.2) is 36.6 Å². The molecule has 1 heterocycles. The SMILES string of the molecule is CO[C@H](C)C(=O)N1CCC[C@H]1C1CCCC1. The lowest BCUT2D eigenvalue weighted by Gasteiger charge is -2.31. The second-order valence-electron chi connectivity index (χ2n) is 5.16. The molecule has 1 saturated heterocycles. The first-order valence-corrected chi connectivity index (χ1v) is 6.57. The van der Waals surface area contributed by atoms with Gasteiger partial charge < -0.3 is 9.64 Å². The van der Waals surface area contributed by atoms with Gasteiger partial charge in [-0.1, -0.05) is 12.8 Å². The molecule has 0 radical (unpaired) electrons. The summed E-state index contributed by atoms with van der Waals surface area (Å²) in [4.78, 5) is 14.2. The molecule has 2 aliphatic rings. The summed E-state index contributed by atoms with van der Waals surface area (Å²) in [6, 6.07) is 0.507. The van der Waals surface area contributed by atoms with Gasteiger partial charge in [0.2, 0.25) is 0 Å². The molecule has 2 rings (SSSR count). The smallest absolute Gasteiger partial charge is 0.251 e. The predicted molar refractivity (Wildman–Crippen MR) is 63.2 cm³/mol. The van der Waals surface area contributed by atoms with Gasteiger partial charge in [-0.3, -0.25) is 4.79 Å². The van der Waals surface area contributed by atoms with Crippen LogP contribution in [0.25, 0.3) is 0 Å². The molecule has 16 heavy (non-hydrogen) atoms. The molecule has 1 amide bonds. The van der Waals surface area contributed by atoms with E-state index in [0.717, 1.165) is 12.5 Å². The third-order valence-corrected chi connectivity index (χ3v) is 4.23. The van der Waals surface area contributed by atoms with Crippen molar-refractivity contribution >= 4 is 5.91 Å². The molecule has 0 aromatic rings. The summed E-state index contributed by atoms with van der Waals surface area (Å²) in [6.07, 6.45) is 7.43. The zero-order valence-corrected chi connectivity index (χ0v) is 10.4. The van der Waals surface area contributed by atoms with Crippen LogP contribution in [0.3, 0.4) is 0 Å². The number of methoxy groups -OCH3 is 1. The topological polar surface area (TPSA) is 29.5 Å². The summed E-state index contributed by atoms with van der Waals surface area (Å²) < 4.78 is 5.14. The number of amides is 1. The maximum atomic E-state index is 12.1. The highest BCUT2D eigenvalue weighted by Crippen LogP contribution is 2.35. The molecule has 0 aromatic carbocycles. The van der Waals surface area contributed by atoms with Crippen molar-refractivity contribution < 1.29 is 9.53 Å². The highest BCUT2D eigenvalue weighted by atomic mass is 16.5. The van der Waals surface area contributed by atoms with Gasteiger partial charge in [0.1, 0.15) is 6.10 Å². The summed E-state index contributed by atoms with van der Waals surface area (Å²) in [5.41, 5.74) is 0.